The number of carboxylic acid groups (broad SMARTS) is 1. The van der Waals surface area contributed by atoms with Gasteiger partial charge in [0, 0.05) is 37.2 Å². The summed E-state index contributed by atoms with van der Waals surface area (Å²) in [5.41, 5.74) is 0. The molecule has 2 aliphatic rings. The van der Waals surface area contributed by atoms with Gasteiger partial charge in [0.1, 0.15) is 6.04 Å². The summed E-state index contributed by atoms with van der Waals surface area (Å²) in [6.45, 7) is 2.53. The number of aliphatic carboxylic acids is 1. The standard InChI is InChI=1S/C8H14N2O2S/c11-8(12)7-4-10-1-2-13-5-6(10)3-9-7/h6-7,9H,1-5H2,(H,11,12)/t6-,7-/m1/s1. The van der Waals surface area contributed by atoms with E-state index in [1.807, 2.05) is 11.8 Å². The van der Waals surface area contributed by atoms with Gasteiger partial charge in [0.25, 0.3) is 0 Å². The lowest BCUT2D eigenvalue weighted by Gasteiger charge is -2.41. The molecule has 5 heteroatoms. The van der Waals surface area contributed by atoms with Gasteiger partial charge in [-0.25, -0.2) is 0 Å². The van der Waals surface area contributed by atoms with Gasteiger partial charge in [-0.1, -0.05) is 0 Å². The maximum absolute atomic E-state index is 10.7. The highest BCUT2D eigenvalue weighted by molar-refractivity contribution is 7.99. The van der Waals surface area contributed by atoms with Gasteiger partial charge in [-0.15, -0.1) is 0 Å². The second-order valence-electron chi connectivity index (χ2n) is 3.52. The Morgan fingerprint density at radius 3 is 3.23 bits per heavy atom. The molecule has 13 heavy (non-hydrogen) atoms. The lowest BCUT2D eigenvalue weighted by Crippen LogP contribution is -2.61. The number of carbonyl (C=O) groups is 1. The number of hydrogen-bond donors (Lipinski definition) is 2. The summed E-state index contributed by atoms with van der Waals surface area (Å²) in [7, 11) is 0. The van der Waals surface area contributed by atoms with Gasteiger partial charge < -0.3 is 10.4 Å². The third-order valence-corrected chi connectivity index (χ3v) is 3.76. The molecule has 2 atom stereocenters. The molecule has 0 saturated carbocycles. The molecule has 2 aliphatic heterocycles. The number of rotatable bonds is 1. The number of piperazine rings is 1. The topological polar surface area (TPSA) is 52.6 Å². The van der Waals surface area contributed by atoms with Crippen molar-refractivity contribution in [3.8, 4) is 0 Å². The predicted molar refractivity (Wildman–Crippen MR) is 52.1 cm³/mol. The highest BCUT2D eigenvalue weighted by Gasteiger charge is 2.32. The second-order valence-corrected chi connectivity index (χ2v) is 4.67. The molecule has 74 valence electrons. The highest BCUT2D eigenvalue weighted by Crippen LogP contribution is 2.18. The van der Waals surface area contributed by atoms with Crippen LogP contribution in [0.1, 0.15) is 0 Å². The molecule has 0 spiro atoms. The van der Waals surface area contributed by atoms with Crippen LogP contribution in [0.15, 0.2) is 0 Å². The summed E-state index contributed by atoms with van der Waals surface area (Å²) in [4.78, 5) is 13.0. The average Bonchev–Trinajstić information content (AvgIpc) is 2.17. The molecule has 2 heterocycles. The van der Waals surface area contributed by atoms with E-state index in [4.69, 9.17) is 5.11 Å². The minimum atomic E-state index is -0.725. The summed E-state index contributed by atoms with van der Waals surface area (Å²) in [5.74, 6) is 1.55. The highest BCUT2D eigenvalue weighted by atomic mass is 32.2. The molecular weight excluding hydrogens is 188 g/mol. The van der Waals surface area contributed by atoms with Crippen molar-refractivity contribution in [2.24, 2.45) is 0 Å². The molecule has 0 bridgehead atoms. The van der Waals surface area contributed by atoms with Crippen molar-refractivity contribution in [2.45, 2.75) is 12.1 Å². The first kappa shape index (κ1) is 9.30. The number of fused-ring (bicyclic) bond motifs is 1. The van der Waals surface area contributed by atoms with Gasteiger partial charge in [0.15, 0.2) is 0 Å². The van der Waals surface area contributed by atoms with E-state index in [1.54, 1.807) is 0 Å². The third-order valence-electron chi connectivity index (χ3n) is 2.66. The van der Waals surface area contributed by atoms with Crippen LogP contribution in [0.2, 0.25) is 0 Å². The average molecular weight is 202 g/mol. The van der Waals surface area contributed by atoms with Crippen molar-refractivity contribution in [1.82, 2.24) is 10.2 Å². The molecule has 0 amide bonds. The van der Waals surface area contributed by atoms with E-state index in [1.165, 1.54) is 0 Å². The maximum Gasteiger partial charge on any atom is 0.322 e. The summed E-state index contributed by atoms with van der Waals surface area (Å²) in [5, 5.41) is 11.9. The molecule has 2 N–H and O–H groups in total. The summed E-state index contributed by atoms with van der Waals surface area (Å²) in [6.07, 6.45) is 0. The van der Waals surface area contributed by atoms with E-state index in [0.29, 0.717) is 12.6 Å². The van der Waals surface area contributed by atoms with Gasteiger partial charge in [0.2, 0.25) is 0 Å². The van der Waals surface area contributed by atoms with Crippen LogP contribution in [0.4, 0.5) is 0 Å². The zero-order valence-corrected chi connectivity index (χ0v) is 8.22. The van der Waals surface area contributed by atoms with E-state index in [9.17, 15) is 4.79 Å². The maximum atomic E-state index is 10.7. The largest absolute Gasteiger partial charge is 0.480 e. The smallest absolute Gasteiger partial charge is 0.322 e. The van der Waals surface area contributed by atoms with E-state index in [-0.39, 0.29) is 6.04 Å². The molecule has 2 saturated heterocycles. The number of hydrogen-bond acceptors (Lipinski definition) is 4. The Morgan fingerprint density at radius 2 is 2.46 bits per heavy atom. The fraction of sp³-hybridized carbons (Fsp3) is 0.875. The molecule has 0 radical (unpaired) electrons. The molecule has 0 unspecified atom stereocenters. The fourth-order valence-corrected chi connectivity index (χ4v) is 2.99. The van der Waals surface area contributed by atoms with E-state index in [0.717, 1.165) is 24.6 Å². The zero-order valence-electron chi connectivity index (χ0n) is 7.40. The molecule has 0 aromatic rings. The second kappa shape index (κ2) is 3.86. The van der Waals surface area contributed by atoms with E-state index >= 15 is 0 Å². The molecule has 0 aromatic heterocycles. The van der Waals surface area contributed by atoms with Crippen LogP contribution in [0.3, 0.4) is 0 Å². The Bertz CT molecular complexity index is 212. The van der Waals surface area contributed by atoms with Crippen LogP contribution < -0.4 is 5.32 Å². The minimum Gasteiger partial charge on any atom is -0.480 e. The van der Waals surface area contributed by atoms with Crippen molar-refractivity contribution >= 4 is 17.7 Å². The third kappa shape index (κ3) is 1.98. The normalized spacial score (nSPS) is 35.4. The van der Waals surface area contributed by atoms with E-state index < -0.39 is 5.97 Å². The van der Waals surface area contributed by atoms with Gasteiger partial charge in [0.05, 0.1) is 0 Å². The Hall–Kier alpha value is -0.260. The number of thioether (sulfide) groups is 1. The lowest BCUT2D eigenvalue weighted by molar-refractivity contribution is -0.141. The summed E-state index contributed by atoms with van der Waals surface area (Å²) >= 11 is 1.96. The first-order valence-electron chi connectivity index (χ1n) is 4.55. The Balaban J connectivity index is 1.95. The van der Waals surface area contributed by atoms with Crippen LogP contribution in [0.25, 0.3) is 0 Å². The fourth-order valence-electron chi connectivity index (χ4n) is 1.86. The molecule has 4 nitrogen and oxygen atoms in total. The molecule has 2 fully saturated rings. The SMILES string of the molecule is O=C(O)[C@H]1CN2CCSC[C@H]2CN1. The van der Waals surface area contributed by atoms with E-state index in [2.05, 4.69) is 10.2 Å². The van der Waals surface area contributed by atoms with Gasteiger partial charge in [-0.05, 0) is 0 Å². The van der Waals surface area contributed by atoms with Crippen LogP contribution in [0.5, 0.6) is 0 Å². The molecular formula is C8H14N2O2S. The lowest BCUT2D eigenvalue weighted by atomic mass is 10.1. The first-order valence-corrected chi connectivity index (χ1v) is 5.71. The molecule has 0 aromatic carbocycles. The van der Waals surface area contributed by atoms with Gasteiger partial charge in [-0.3, -0.25) is 9.69 Å². The van der Waals surface area contributed by atoms with Crippen LogP contribution in [-0.4, -0.2) is 59.2 Å². The molecule has 0 aliphatic carbocycles. The van der Waals surface area contributed by atoms with Crippen LogP contribution >= 0.6 is 11.8 Å². The van der Waals surface area contributed by atoms with Crippen molar-refractivity contribution in [2.75, 3.05) is 31.1 Å². The Kier molecular flexibility index (Phi) is 2.76. The minimum absolute atomic E-state index is 0.362. The van der Waals surface area contributed by atoms with Crippen molar-refractivity contribution in [1.29, 1.82) is 0 Å². The quantitative estimate of drug-likeness (QED) is 0.598. The zero-order chi connectivity index (χ0) is 9.26. The van der Waals surface area contributed by atoms with Gasteiger partial charge in [-0.2, -0.15) is 11.8 Å². The Labute approximate surface area is 81.7 Å². The molecule has 2 rings (SSSR count). The summed E-state index contributed by atoms with van der Waals surface area (Å²) < 4.78 is 0. The van der Waals surface area contributed by atoms with Crippen molar-refractivity contribution < 1.29 is 9.90 Å². The van der Waals surface area contributed by atoms with Crippen LogP contribution in [0, 0.1) is 0 Å². The van der Waals surface area contributed by atoms with Crippen molar-refractivity contribution in [3.05, 3.63) is 0 Å². The number of nitrogens with one attached hydrogen (secondary N) is 1. The van der Waals surface area contributed by atoms with Crippen LogP contribution in [-0.2, 0) is 4.79 Å². The monoisotopic (exact) mass is 202 g/mol. The van der Waals surface area contributed by atoms with Gasteiger partial charge >= 0.3 is 5.97 Å². The Morgan fingerprint density at radius 1 is 1.62 bits per heavy atom. The predicted octanol–water partition coefficient (Wildman–Crippen LogP) is -0.540. The number of carboxylic acids is 1. The summed E-state index contributed by atoms with van der Waals surface area (Å²) in [6, 6.07) is 0.189. The van der Waals surface area contributed by atoms with Crippen molar-refractivity contribution in [3.63, 3.8) is 0 Å². The number of nitrogens with zero attached hydrogens (tertiary/aromatic N) is 1. The first-order chi connectivity index (χ1) is 6.27.